The molecule has 1 aromatic rings. The van der Waals surface area contributed by atoms with Gasteiger partial charge in [0.15, 0.2) is 5.78 Å². The standard InChI is InChI=1S/C9H9NO3/c1-5-8(9(12)13)3-7(4-10-5)6(2)11/h3-4H,1-2H3,(H,12,13). The van der Waals surface area contributed by atoms with Crippen LogP contribution in [0.1, 0.15) is 33.3 Å². The predicted molar refractivity (Wildman–Crippen MR) is 45.9 cm³/mol. The Kier molecular flexibility index (Phi) is 2.41. The number of carbonyl (C=O) groups is 2. The molecule has 1 rings (SSSR count). The van der Waals surface area contributed by atoms with Gasteiger partial charge in [-0.3, -0.25) is 9.78 Å². The van der Waals surface area contributed by atoms with E-state index in [4.69, 9.17) is 5.11 Å². The molecule has 0 aromatic carbocycles. The molecule has 0 bridgehead atoms. The highest BCUT2D eigenvalue weighted by atomic mass is 16.4. The first-order chi connectivity index (χ1) is 6.02. The molecule has 0 amide bonds. The average molecular weight is 179 g/mol. The van der Waals surface area contributed by atoms with Crippen LogP contribution >= 0.6 is 0 Å². The van der Waals surface area contributed by atoms with E-state index >= 15 is 0 Å². The van der Waals surface area contributed by atoms with Crippen molar-refractivity contribution in [3.8, 4) is 0 Å². The monoisotopic (exact) mass is 179 g/mol. The van der Waals surface area contributed by atoms with Crippen molar-refractivity contribution >= 4 is 11.8 Å². The first kappa shape index (κ1) is 9.38. The Bertz CT molecular complexity index is 371. The molecule has 1 aromatic heterocycles. The smallest absolute Gasteiger partial charge is 0.337 e. The van der Waals surface area contributed by atoms with Gasteiger partial charge in [0.05, 0.1) is 11.3 Å². The molecule has 0 fully saturated rings. The second-order valence-electron chi connectivity index (χ2n) is 2.72. The van der Waals surface area contributed by atoms with E-state index in [9.17, 15) is 9.59 Å². The van der Waals surface area contributed by atoms with E-state index < -0.39 is 5.97 Å². The number of rotatable bonds is 2. The number of aromatic carboxylic acids is 1. The van der Waals surface area contributed by atoms with Crippen LogP contribution in [0.2, 0.25) is 0 Å². The summed E-state index contributed by atoms with van der Waals surface area (Å²) in [4.78, 5) is 25.4. The first-order valence-corrected chi connectivity index (χ1v) is 3.73. The van der Waals surface area contributed by atoms with E-state index in [2.05, 4.69) is 4.98 Å². The number of carbonyl (C=O) groups excluding carboxylic acids is 1. The van der Waals surface area contributed by atoms with Crippen LogP contribution in [0.25, 0.3) is 0 Å². The highest BCUT2D eigenvalue weighted by Gasteiger charge is 2.10. The second-order valence-corrected chi connectivity index (χ2v) is 2.72. The maximum absolute atomic E-state index is 10.9. The van der Waals surface area contributed by atoms with Crippen LogP contribution in [0.3, 0.4) is 0 Å². The van der Waals surface area contributed by atoms with Crippen LogP contribution in [-0.4, -0.2) is 21.8 Å². The van der Waals surface area contributed by atoms with Crippen molar-refractivity contribution in [2.45, 2.75) is 13.8 Å². The molecule has 13 heavy (non-hydrogen) atoms. The Labute approximate surface area is 75.2 Å². The lowest BCUT2D eigenvalue weighted by molar-refractivity contribution is 0.0695. The Balaban J connectivity index is 3.27. The quantitative estimate of drug-likeness (QED) is 0.694. The third-order valence-corrected chi connectivity index (χ3v) is 1.72. The molecular formula is C9H9NO3. The van der Waals surface area contributed by atoms with Gasteiger partial charge in [0.1, 0.15) is 0 Å². The molecule has 0 aliphatic rings. The highest BCUT2D eigenvalue weighted by molar-refractivity contribution is 5.97. The van der Waals surface area contributed by atoms with Gasteiger partial charge in [-0.2, -0.15) is 0 Å². The van der Waals surface area contributed by atoms with Gasteiger partial charge < -0.3 is 5.11 Å². The molecule has 4 heteroatoms. The summed E-state index contributed by atoms with van der Waals surface area (Å²) in [5, 5.41) is 8.72. The van der Waals surface area contributed by atoms with Crippen molar-refractivity contribution in [3.05, 3.63) is 29.1 Å². The fourth-order valence-corrected chi connectivity index (χ4v) is 0.942. The fraction of sp³-hybridized carbons (Fsp3) is 0.222. The zero-order valence-corrected chi connectivity index (χ0v) is 7.37. The van der Waals surface area contributed by atoms with Crippen LogP contribution in [-0.2, 0) is 0 Å². The number of nitrogens with zero attached hydrogens (tertiary/aromatic N) is 1. The second kappa shape index (κ2) is 3.35. The third kappa shape index (κ3) is 1.90. The van der Waals surface area contributed by atoms with Gasteiger partial charge in [0.2, 0.25) is 0 Å². The topological polar surface area (TPSA) is 67.3 Å². The molecule has 0 radical (unpaired) electrons. The van der Waals surface area contributed by atoms with Crippen LogP contribution in [0.15, 0.2) is 12.3 Å². The normalized spacial score (nSPS) is 9.69. The molecule has 0 unspecified atom stereocenters. The SMILES string of the molecule is CC(=O)c1cnc(C)c(C(=O)O)c1. The van der Waals surface area contributed by atoms with Gasteiger partial charge in [-0.05, 0) is 19.9 Å². The van der Waals surface area contributed by atoms with Crippen molar-refractivity contribution in [1.82, 2.24) is 4.98 Å². The minimum absolute atomic E-state index is 0.0766. The number of Topliss-reactive ketones (excluding diaryl/α,β-unsaturated/α-hetero) is 1. The third-order valence-electron chi connectivity index (χ3n) is 1.72. The number of ketones is 1. The summed E-state index contributed by atoms with van der Waals surface area (Å²) >= 11 is 0. The molecule has 1 heterocycles. The molecular weight excluding hydrogens is 170 g/mol. The predicted octanol–water partition coefficient (Wildman–Crippen LogP) is 1.29. The van der Waals surface area contributed by atoms with Crippen molar-refractivity contribution in [2.24, 2.45) is 0 Å². The van der Waals surface area contributed by atoms with Crippen LogP contribution < -0.4 is 0 Å². The van der Waals surface area contributed by atoms with Gasteiger partial charge in [-0.1, -0.05) is 0 Å². The van der Waals surface area contributed by atoms with Crippen molar-refractivity contribution in [2.75, 3.05) is 0 Å². The lowest BCUT2D eigenvalue weighted by atomic mass is 10.1. The van der Waals surface area contributed by atoms with Gasteiger partial charge in [0.25, 0.3) is 0 Å². The molecule has 0 aliphatic heterocycles. The van der Waals surface area contributed by atoms with E-state index in [-0.39, 0.29) is 11.3 Å². The summed E-state index contributed by atoms with van der Waals surface area (Å²) < 4.78 is 0. The first-order valence-electron chi connectivity index (χ1n) is 3.73. The molecule has 4 nitrogen and oxygen atoms in total. The highest BCUT2D eigenvalue weighted by Crippen LogP contribution is 2.08. The average Bonchev–Trinajstić information content (AvgIpc) is 2.04. The minimum Gasteiger partial charge on any atom is -0.478 e. The number of hydrogen-bond donors (Lipinski definition) is 1. The number of carboxylic acids is 1. The van der Waals surface area contributed by atoms with E-state index in [1.54, 1.807) is 6.92 Å². The Morgan fingerprint density at radius 3 is 2.54 bits per heavy atom. The molecule has 0 aliphatic carbocycles. The summed E-state index contributed by atoms with van der Waals surface area (Å²) in [6, 6.07) is 1.34. The van der Waals surface area contributed by atoms with Crippen molar-refractivity contribution < 1.29 is 14.7 Å². The zero-order chi connectivity index (χ0) is 10.0. The fourth-order valence-electron chi connectivity index (χ4n) is 0.942. The lowest BCUT2D eigenvalue weighted by Gasteiger charge is -2.00. The number of pyridine rings is 1. The Morgan fingerprint density at radius 2 is 2.08 bits per heavy atom. The summed E-state index contributed by atoms with van der Waals surface area (Å²) in [5.41, 5.74) is 0.813. The van der Waals surface area contributed by atoms with Crippen LogP contribution in [0.5, 0.6) is 0 Å². The lowest BCUT2D eigenvalue weighted by Crippen LogP contribution is -2.04. The Morgan fingerprint density at radius 1 is 1.46 bits per heavy atom. The minimum atomic E-state index is -1.06. The molecule has 0 spiro atoms. The molecule has 0 atom stereocenters. The van der Waals surface area contributed by atoms with E-state index in [0.717, 1.165) is 0 Å². The summed E-state index contributed by atoms with van der Waals surface area (Å²) in [6.07, 6.45) is 1.38. The van der Waals surface area contributed by atoms with Crippen molar-refractivity contribution in [3.63, 3.8) is 0 Å². The van der Waals surface area contributed by atoms with Gasteiger partial charge in [-0.25, -0.2) is 4.79 Å². The number of carboxylic acid groups (broad SMARTS) is 1. The number of aryl methyl sites for hydroxylation is 1. The number of aromatic nitrogens is 1. The van der Waals surface area contributed by atoms with E-state index in [1.165, 1.54) is 19.2 Å². The molecule has 0 saturated carbocycles. The summed E-state index contributed by atoms with van der Waals surface area (Å²) in [7, 11) is 0. The van der Waals surface area contributed by atoms with Crippen LogP contribution in [0, 0.1) is 6.92 Å². The largest absolute Gasteiger partial charge is 0.478 e. The van der Waals surface area contributed by atoms with Gasteiger partial charge >= 0.3 is 5.97 Å². The van der Waals surface area contributed by atoms with E-state index in [1.807, 2.05) is 0 Å². The molecule has 68 valence electrons. The number of hydrogen-bond acceptors (Lipinski definition) is 3. The Hall–Kier alpha value is -1.71. The molecule has 1 N–H and O–H groups in total. The van der Waals surface area contributed by atoms with Crippen molar-refractivity contribution in [1.29, 1.82) is 0 Å². The maximum atomic E-state index is 10.9. The van der Waals surface area contributed by atoms with Crippen LogP contribution in [0.4, 0.5) is 0 Å². The van der Waals surface area contributed by atoms with E-state index in [0.29, 0.717) is 11.3 Å². The summed E-state index contributed by atoms with van der Waals surface area (Å²) in [6.45, 7) is 2.96. The summed E-state index contributed by atoms with van der Waals surface area (Å²) in [5.74, 6) is -1.25. The zero-order valence-electron chi connectivity index (χ0n) is 7.37. The van der Waals surface area contributed by atoms with Gasteiger partial charge in [0, 0.05) is 11.8 Å². The maximum Gasteiger partial charge on any atom is 0.337 e. The van der Waals surface area contributed by atoms with Gasteiger partial charge in [-0.15, -0.1) is 0 Å². The molecule has 0 saturated heterocycles.